The van der Waals surface area contributed by atoms with Gasteiger partial charge in [0.2, 0.25) is 11.1 Å². The van der Waals surface area contributed by atoms with Crippen molar-refractivity contribution in [3.05, 3.63) is 72.6 Å². The van der Waals surface area contributed by atoms with Gasteiger partial charge in [0.05, 0.1) is 17.1 Å². The minimum atomic E-state index is -0.140. The van der Waals surface area contributed by atoms with Gasteiger partial charge in [0, 0.05) is 18.1 Å². The summed E-state index contributed by atoms with van der Waals surface area (Å²) >= 11 is 1.30. The van der Waals surface area contributed by atoms with Crippen LogP contribution in [-0.4, -0.2) is 36.6 Å². The lowest BCUT2D eigenvalue weighted by molar-refractivity contribution is -0.113. The van der Waals surface area contributed by atoms with E-state index in [9.17, 15) is 4.79 Å². The van der Waals surface area contributed by atoms with Gasteiger partial charge >= 0.3 is 0 Å². The number of nitrogens with zero attached hydrogens (tertiary/aromatic N) is 4. The van der Waals surface area contributed by atoms with Crippen LogP contribution in [0.4, 0.5) is 5.82 Å². The summed E-state index contributed by atoms with van der Waals surface area (Å²) in [6, 6.07) is 21.5. The monoisotopic (exact) mass is 418 g/mol. The molecule has 2 heterocycles. The Bertz CT molecular complexity index is 1110. The van der Waals surface area contributed by atoms with Crippen LogP contribution in [0.3, 0.4) is 0 Å². The van der Waals surface area contributed by atoms with Crippen molar-refractivity contribution < 1.29 is 4.79 Å². The molecule has 0 fully saturated rings. The Balaban J connectivity index is 1.51. The molecule has 0 unspecified atom stereocenters. The number of hydrogen-bond acceptors (Lipinski definition) is 5. The third-order valence-corrected chi connectivity index (χ3v) is 5.22. The van der Waals surface area contributed by atoms with Gasteiger partial charge < -0.3 is 5.32 Å². The fourth-order valence-corrected chi connectivity index (χ4v) is 3.60. The van der Waals surface area contributed by atoms with Crippen LogP contribution < -0.4 is 5.32 Å². The highest BCUT2D eigenvalue weighted by Gasteiger charge is 2.14. The number of aryl methyl sites for hydroxylation is 1. The minimum Gasteiger partial charge on any atom is -0.310 e. The summed E-state index contributed by atoms with van der Waals surface area (Å²) in [5.41, 5.74) is 2.66. The van der Waals surface area contributed by atoms with Crippen LogP contribution in [0.25, 0.3) is 16.9 Å². The molecule has 30 heavy (non-hydrogen) atoms. The van der Waals surface area contributed by atoms with Gasteiger partial charge in [-0.25, -0.2) is 9.67 Å². The van der Waals surface area contributed by atoms with E-state index in [1.807, 2.05) is 66.7 Å². The summed E-state index contributed by atoms with van der Waals surface area (Å²) < 4.78 is 1.75. The molecule has 4 rings (SSSR count). The molecular formula is C22H22N6OS. The van der Waals surface area contributed by atoms with Gasteiger partial charge in [-0.1, -0.05) is 67.2 Å². The van der Waals surface area contributed by atoms with Crippen LogP contribution in [0.15, 0.2) is 71.9 Å². The predicted octanol–water partition coefficient (Wildman–Crippen LogP) is 4.34. The highest BCUT2D eigenvalue weighted by atomic mass is 32.2. The van der Waals surface area contributed by atoms with Crippen molar-refractivity contribution in [3.8, 4) is 16.9 Å². The van der Waals surface area contributed by atoms with Crippen molar-refractivity contribution >= 4 is 23.5 Å². The fraction of sp³-hybridized carbons (Fsp3) is 0.182. The zero-order chi connectivity index (χ0) is 20.8. The lowest BCUT2D eigenvalue weighted by Crippen LogP contribution is -2.17. The van der Waals surface area contributed by atoms with E-state index in [2.05, 4.69) is 27.4 Å². The number of amides is 1. The Morgan fingerprint density at radius 3 is 2.57 bits per heavy atom. The Hall–Kier alpha value is -3.39. The quantitative estimate of drug-likeness (QED) is 0.416. The molecule has 2 N–H and O–H groups in total. The molecule has 0 aliphatic rings. The van der Waals surface area contributed by atoms with E-state index in [-0.39, 0.29) is 11.7 Å². The summed E-state index contributed by atoms with van der Waals surface area (Å²) in [6.07, 6.45) is 1.84. The second-order valence-corrected chi connectivity index (χ2v) is 7.62. The van der Waals surface area contributed by atoms with Crippen LogP contribution in [0, 0.1) is 0 Å². The van der Waals surface area contributed by atoms with E-state index < -0.39 is 0 Å². The summed E-state index contributed by atoms with van der Waals surface area (Å²) in [4.78, 5) is 17.0. The van der Waals surface area contributed by atoms with E-state index in [1.165, 1.54) is 11.8 Å². The molecular weight excluding hydrogens is 396 g/mol. The molecule has 0 radical (unpaired) electrons. The third-order valence-electron chi connectivity index (χ3n) is 4.38. The topological polar surface area (TPSA) is 88.5 Å². The maximum Gasteiger partial charge on any atom is 0.236 e. The number of anilines is 1. The summed E-state index contributed by atoms with van der Waals surface area (Å²) in [5.74, 6) is 1.53. The van der Waals surface area contributed by atoms with Crippen molar-refractivity contribution in [1.29, 1.82) is 0 Å². The van der Waals surface area contributed by atoms with Crippen molar-refractivity contribution in [2.24, 2.45) is 0 Å². The smallest absolute Gasteiger partial charge is 0.236 e. The second kappa shape index (κ2) is 9.41. The first-order valence-corrected chi connectivity index (χ1v) is 10.8. The van der Waals surface area contributed by atoms with Gasteiger partial charge in [-0.3, -0.25) is 9.89 Å². The van der Waals surface area contributed by atoms with E-state index in [0.717, 1.165) is 35.6 Å². The van der Waals surface area contributed by atoms with Gasteiger partial charge in [-0.05, 0) is 18.6 Å². The van der Waals surface area contributed by atoms with Crippen LogP contribution in [0.2, 0.25) is 0 Å². The summed E-state index contributed by atoms with van der Waals surface area (Å²) in [6.45, 7) is 2.09. The number of aromatic nitrogens is 5. The highest BCUT2D eigenvalue weighted by Crippen LogP contribution is 2.25. The standard InChI is InChI=1S/C22H22N6OS/c1-2-9-19-23-22(26-25-19)30-15-21(29)24-20-14-18(16-10-5-3-6-11-16)27-28(20)17-12-7-4-8-13-17/h3-8,10-14H,2,9,15H2,1H3,(H,24,29)(H,23,25,26). The minimum absolute atomic E-state index is 0.140. The van der Waals surface area contributed by atoms with Crippen molar-refractivity contribution in [1.82, 2.24) is 25.0 Å². The molecule has 1 amide bonds. The predicted molar refractivity (Wildman–Crippen MR) is 119 cm³/mol. The largest absolute Gasteiger partial charge is 0.310 e. The van der Waals surface area contributed by atoms with Crippen molar-refractivity contribution in [2.75, 3.05) is 11.1 Å². The van der Waals surface area contributed by atoms with Gasteiger partial charge in [0.15, 0.2) is 0 Å². The normalized spacial score (nSPS) is 10.8. The molecule has 152 valence electrons. The van der Waals surface area contributed by atoms with Crippen LogP contribution >= 0.6 is 11.8 Å². The Morgan fingerprint density at radius 1 is 1.10 bits per heavy atom. The van der Waals surface area contributed by atoms with Crippen LogP contribution in [0.1, 0.15) is 19.2 Å². The zero-order valence-corrected chi connectivity index (χ0v) is 17.4. The maximum atomic E-state index is 12.6. The number of thioether (sulfide) groups is 1. The molecule has 7 nitrogen and oxygen atoms in total. The van der Waals surface area contributed by atoms with E-state index in [4.69, 9.17) is 5.10 Å². The first-order chi connectivity index (χ1) is 14.7. The molecule has 0 saturated carbocycles. The number of rotatable bonds is 8. The number of hydrogen-bond donors (Lipinski definition) is 2. The van der Waals surface area contributed by atoms with Crippen LogP contribution in [-0.2, 0) is 11.2 Å². The number of carbonyl (C=O) groups is 1. The first kappa shape index (κ1) is 19.9. The Morgan fingerprint density at radius 2 is 1.83 bits per heavy atom. The van der Waals surface area contributed by atoms with Gasteiger partial charge in [0.25, 0.3) is 0 Å². The molecule has 0 saturated heterocycles. The molecule has 0 atom stereocenters. The van der Waals surface area contributed by atoms with Gasteiger partial charge in [0.1, 0.15) is 11.6 Å². The lowest BCUT2D eigenvalue weighted by atomic mass is 10.2. The fourth-order valence-electron chi connectivity index (χ4n) is 2.99. The molecule has 0 spiro atoms. The maximum absolute atomic E-state index is 12.6. The van der Waals surface area contributed by atoms with Crippen LogP contribution in [0.5, 0.6) is 0 Å². The van der Waals surface area contributed by atoms with Crippen molar-refractivity contribution in [2.45, 2.75) is 24.9 Å². The average Bonchev–Trinajstić information content (AvgIpc) is 3.41. The Labute approximate surface area is 178 Å². The van der Waals surface area contributed by atoms with E-state index in [0.29, 0.717) is 11.0 Å². The van der Waals surface area contributed by atoms with E-state index >= 15 is 0 Å². The SMILES string of the molecule is CCCc1nc(SCC(=O)Nc2cc(-c3ccccc3)nn2-c2ccccc2)n[nH]1. The molecule has 0 aliphatic carbocycles. The van der Waals surface area contributed by atoms with Crippen molar-refractivity contribution in [3.63, 3.8) is 0 Å². The molecule has 0 bridgehead atoms. The zero-order valence-electron chi connectivity index (χ0n) is 16.6. The lowest BCUT2D eigenvalue weighted by Gasteiger charge is -2.08. The summed E-state index contributed by atoms with van der Waals surface area (Å²) in [7, 11) is 0. The number of H-pyrrole nitrogens is 1. The number of benzene rings is 2. The molecule has 2 aromatic carbocycles. The number of aromatic amines is 1. The molecule has 8 heteroatoms. The Kier molecular flexibility index (Phi) is 6.24. The molecule has 2 aromatic heterocycles. The molecule has 0 aliphatic heterocycles. The number of para-hydroxylation sites is 1. The number of nitrogens with one attached hydrogen (secondary N) is 2. The average molecular weight is 419 g/mol. The van der Waals surface area contributed by atoms with E-state index in [1.54, 1.807) is 4.68 Å². The first-order valence-electron chi connectivity index (χ1n) is 9.78. The molecule has 4 aromatic rings. The second-order valence-electron chi connectivity index (χ2n) is 6.68. The number of carbonyl (C=O) groups excluding carboxylic acids is 1. The third kappa shape index (κ3) is 4.77. The summed E-state index contributed by atoms with van der Waals surface area (Å²) in [5, 5.41) is 15.3. The van der Waals surface area contributed by atoms with Gasteiger partial charge in [-0.15, -0.1) is 5.10 Å². The van der Waals surface area contributed by atoms with Gasteiger partial charge in [-0.2, -0.15) is 5.10 Å². The highest BCUT2D eigenvalue weighted by molar-refractivity contribution is 7.99.